The molecular weight excluding hydrogens is 236 g/mol. The molecule has 0 aliphatic heterocycles. The molecule has 1 aromatic heterocycles. The summed E-state index contributed by atoms with van der Waals surface area (Å²) in [6, 6.07) is 14.4. The normalized spacial score (nSPS) is 10.6. The monoisotopic (exact) mass is 258 g/mol. The predicted octanol–water partition coefficient (Wildman–Crippen LogP) is 3.42. The Morgan fingerprint density at radius 3 is 2.53 bits per heavy atom. The second kappa shape index (κ2) is 7.00. The summed E-state index contributed by atoms with van der Waals surface area (Å²) >= 11 is 0. The highest BCUT2D eigenvalue weighted by atomic mass is 16.3. The molecule has 0 unspecified atom stereocenters. The van der Waals surface area contributed by atoms with Crippen molar-refractivity contribution in [2.45, 2.75) is 26.4 Å². The Morgan fingerprint density at radius 2 is 1.79 bits per heavy atom. The molecule has 0 atom stereocenters. The number of hydrogen-bond donors (Lipinski definition) is 1. The van der Waals surface area contributed by atoms with E-state index in [0.717, 1.165) is 37.6 Å². The number of anilines is 1. The molecule has 3 nitrogen and oxygen atoms in total. The molecule has 3 heteroatoms. The van der Waals surface area contributed by atoms with Crippen molar-refractivity contribution < 1.29 is 4.42 Å². The minimum atomic E-state index is 0.789. The van der Waals surface area contributed by atoms with Crippen molar-refractivity contribution in [2.24, 2.45) is 0 Å². The SMILES string of the molecule is CCCNCc1ccc(CN(C)c2ccccc2)o1. The fraction of sp³-hybridized carbons (Fsp3) is 0.375. The van der Waals surface area contributed by atoms with Gasteiger partial charge in [0.1, 0.15) is 11.5 Å². The van der Waals surface area contributed by atoms with E-state index in [4.69, 9.17) is 4.42 Å². The van der Waals surface area contributed by atoms with Gasteiger partial charge in [-0.25, -0.2) is 0 Å². The van der Waals surface area contributed by atoms with Crippen LogP contribution in [0.4, 0.5) is 5.69 Å². The third-order valence-corrected chi connectivity index (χ3v) is 3.03. The highest BCUT2D eigenvalue weighted by Crippen LogP contribution is 2.16. The Morgan fingerprint density at radius 1 is 1.05 bits per heavy atom. The van der Waals surface area contributed by atoms with Gasteiger partial charge < -0.3 is 14.6 Å². The zero-order chi connectivity index (χ0) is 13.5. The predicted molar refractivity (Wildman–Crippen MR) is 79.3 cm³/mol. The summed E-state index contributed by atoms with van der Waals surface area (Å²) in [7, 11) is 2.08. The van der Waals surface area contributed by atoms with Crippen molar-refractivity contribution in [3.05, 3.63) is 54.0 Å². The van der Waals surface area contributed by atoms with Gasteiger partial charge in [-0.05, 0) is 37.2 Å². The maximum absolute atomic E-state index is 5.82. The second-order valence-electron chi connectivity index (χ2n) is 4.74. The van der Waals surface area contributed by atoms with Crippen molar-refractivity contribution in [3.8, 4) is 0 Å². The van der Waals surface area contributed by atoms with Gasteiger partial charge in [0.25, 0.3) is 0 Å². The third-order valence-electron chi connectivity index (χ3n) is 3.03. The van der Waals surface area contributed by atoms with Crippen LogP contribution in [-0.4, -0.2) is 13.6 Å². The number of furan rings is 1. The van der Waals surface area contributed by atoms with Crippen LogP contribution in [0.1, 0.15) is 24.9 Å². The minimum absolute atomic E-state index is 0.789. The van der Waals surface area contributed by atoms with Gasteiger partial charge in [-0.3, -0.25) is 0 Å². The van der Waals surface area contributed by atoms with Gasteiger partial charge in [-0.15, -0.1) is 0 Å². The summed E-state index contributed by atoms with van der Waals surface area (Å²) in [4.78, 5) is 2.18. The van der Waals surface area contributed by atoms with Gasteiger partial charge in [0.2, 0.25) is 0 Å². The molecule has 2 rings (SSSR count). The first-order valence-corrected chi connectivity index (χ1v) is 6.84. The Bertz CT molecular complexity index is 479. The topological polar surface area (TPSA) is 28.4 Å². The molecule has 2 aromatic rings. The van der Waals surface area contributed by atoms with Crippen LogP contribution in [-0.2, 0) is 13.1 Å². The van der Waals surface area contributed by atoms with Crippen molar-refractivity contribution >= 4 is 5.69 Å². The molecule has 0 aliphatic rings. The third kappa shape index (κ3) is 4.14. The van der Waals surface area contributed by atoms with E-state index in [1.807, 2.05) is 18.2 Å². The quantitative estimate of drug-likeness (QED) is 0.771. The molecule has 0 fully saturated rings. The van der Waals surface area contributed by atoms with E-state index in [1.165, 1.54) is 5.69 Å². The molecule has 1 heterocycles. The molecule has 0 saturated carbocycles. The van der Waals surface area contributed by atoms with Crippen LogP contribution >= 0.6 is 0 Å². The van der Waals surface area contributed by atoms with Crippen LogP contribution in [0.25, 0.3) is 0 Å². The average Bonchev–Trinajstić information content (AvgIpc) is 2.88. The molecule has 0 aliphatic carbocycles. The molecule has 1 N–H and O–H groups in total. The molecule has 0 radical (unpaired) electrons. The largest absolute Gasteiger partial charge is 0.463 e. The van der Waals surface area contributed by atoms with Crippen molar-refractivity contribution in [3.63, 3.8) is 0 Å². The molecular formula is C16H22N2O. The summed E-state index contributed by atoms with van der Waals surface area (Å²) < 4.78 is 5.82. The Labute approximate surface area is 115 Å². The zero-order valence-corrected chi connectivity index (χ0v) is 11.7. The summed E-state index contributed by atoms with van der Waals surface area (Å²) in [6.07, 6.45) is 1.14. The number of nitrogens with zero attached hydrogens (tertiary/aromatic N) is 1. The van der Waals surface area contributed by atoms with Gasteiger partial charge in [-0.1, -0.05) is 25.1 Å². The van der Waals surface area contributed by atoms with Crippen LogP contribution in [0.15, 0.2) is 46.9 Å². The standard InChI is InChI=1S/C16H22N2O/c1-3-11-17-12-15-9-10-16(19-15)13-18(2)14-7-5-4-6-8-14/h4-10,17H,3,11-13H2,1-2H3. The van der Waals surface area contributed by atoms with Crippen molar-refractivity contribution in [1.29, 1.82) is 0 Å². The Balaban J connectivity index is 1.89. The van der Waals surface area contributed by atoms with E-state index < -0.39 is 0 Å². The van der Waals surface area contributed by atoms with E-state index in [0.29, 0.717) is 0 Å². The molecule has 0 saturated heterocycles. The molecule has 1 aromatic carbocycles. The van der Waals surface area contributed by atoms with Gasteiger partial charge in [0.15, 0.2) is 0 Å². The highest BCUT2D eigenvalue weighted by molar-refractivity contribution is 5.45. The summed E-state index contributed by atoms with van der Waals surface area (Å²) in [5, 5.41) is 3.34. The lowest BCUT2D eigenvalue weighted by Gasteiger charge is -2.17. The number of hydrogen-bond acceptors (Lipinski definition) is 3. The van der Waals surface area contributed by atoms with E-state index in [9.17, 15) is 0 Å². The Kier molecular flexibility index (Phi) is 5.04. The van der Waals surface area contributed by atoms with Gasteiger partial charge >= 0.3 is 0 Å². The Hall–Kier alpha value is -1.74. The number of rotatable bonds is 7. The zero-order valence-electron chi connectivity index (χ0n) is 11.7. The molecule has 0 amide bonds. The maximum atomic E-state index is 5.82. The fourth-order valence-electron chi connectivity index (χ4n) is 2.00. The maximum Gasteiger partial charge on any atom is 0.123 e. The molecule has 19 heavy (non-hydrogen) atoms. The van der Waals surface area contributed by atoms with Crippen LogP contribution in [0.3, 0.4) is 0 Å². The van der Waals surface area contributed by atoms with Crippen LogP contribution in [0.5, 0.6) is 0 Å². The van der Waals surface area contributed by atoms with Crippen molar-refractivity contribution in [2.75, 3.05) is 18.5 Å². The number of para-hydroxylation sites is 1. The molecule has 0 bridgehead atoms. The first-order chi connectivity index (χ1) is 9.29. The smallest absolute Gasteiger partial charge is 0.123 e. The number of benzene rings is 1. The van der Waals surface area contributed by atoms with Gasteiger partial charge in [-0.2, -0.15) is 0 Å². The van der Waals surface area contributed by atoms with E-state index in [1.54, 1.807) is 0 Å². The first-order valence-electron chi connectivity index (χ1n) is 6.84. The molecule has 102 valence electrons. The molecule has 0 spiro atoms. The number of nitrogens with one attached hydrogen (secondary N) is 1. The van der Waals surface area contributed by atoms with E-state index in [-0.39, 0.29) is 0 Å². The lowest BCUT2D eigenvalue weighted by Crippen LogP contribution is -2.15. The van der Waals surface area contributed by atoms with Crippen LogP contribution in [0.2, 0.25) is 0 Å². The average molecular weight is 258 g/mol. The van der Waals surface area contributed by atoms with Crippen LogP contribution in [0, 0.1) is 0 Å². The summed E-state index contributed by atoms with van der Waals surface area (Å²) in [6.45, 7) is 4.79. The van der Waals surface area contributed by atoms with E-state index >= 15 is 0 Å². The van der Waals surface area contributed by atoms with Crippen molar-refractivity contribution in [1.82, 2.24) is 5.32 Å². The van der Waals surface area contributed by atoms with Crippen LogP contribution < -0.4 is 10.2 Å². The lowest BCUT2D eigenvalue weighted by molar-refractivity contribution is 0.446. The fourth-order valence-corrected chi connectivity index (χ4v) is 2.00. The summed E-state index contributed by atoms with van der Waals surface area (Å²) in [5.41, 5.74) is 1.20. The minimum Gasteiger partial charge on any atom is -0.463 e. The highest BCUT2D eigenvalue weighted by Gasteiger charge is 2.06. The lowest BCUT2D eigenvalue weighted by atomic mass is 10.3. The first kappa shape index (κ1) is 13.7. The van der Waals surface area contributed by atoms with E-state index in [2.05, 4.69) is 48.5 Å². The van der Waals surface area contributed by atoms with Gasteiger partial charge in [0, 0.05) is 12.7 Å². The van der Waals surface area contributed by atoms with Gasteiger partial charge in [0.05, 0.1) is 13.1 Å². The second-order valence-corrected chi connectivity index (χ2v) is 4.74. The summed E-state index contributed by atoms with van der Waals surface area (Å²) in [5.74, 6) is 2.00.